The van der Waals surface area contributed by atoms with Crippen LogP contribution in [0.4, 0.5) is 0 Å². The second-order valence-electron chi connectivity index (χ2n) is 7.20. The topological polar surface area (TPSA) is 84.0 Å². The average molecular weight is 399 g/mol. The van der Waals surface area contributed by atoms with Gasteiger partial charge in [-0.15, -0.1) is 0 Å². The van der Waals surface area contributed by atoms with E-state index >= 15 is 0 Å². The summed E-state index contributed by atoms with van der Waals surface area (Å²) in [5, 5.41) is 0.754. The molecule has 2 N–H and O–H groups in total. The maximum atomic E-state index is 12.2. The third kappa shape index (κ3) is 5.79. The van der Waals surface area contributed by atoms with Gasteiger partial charge in [0.2, 0.25) is 5.91 Å². The normalized spacial score (nSPS) is 14.5. The van der Waals surface area contributed by atoms with Crippen LogP contribution < -0.4 is 10.9 Å². The van der Waals surface area contributed by atoms with E-state index in [1.165, 1.54) is 6.42 Å². The molecule has 0 unspecified atom stereocenters. The lowest BCUT2D eigenvalue weighted by atomic mass is 9.89. The molecule has 1 aromatic carbocycles. The van der Waals surface area contributed by atoms with Crippen molar-refractivity contribution in [1.29, 1.82) is 0 Å². The summed E-state index contributed by atoms with van der Waals surface area (Å²) in [6.07, 6.45) is 5.16. The number of carbonyl (C=O) groups excluding carboxylic acids is 2. The Bertz CT molecular complexity index is 813. The standard InChI is InChI=1S/C21H26N4O2S/c1-14-12-15(2)23-21(22-14)28-13-16-8-10-18(11-9-16)20(27)25-24-19(26)17-6-4-3-5-7-17/h8-12,17H,3-7,13H2,1-2H3,(H,24,26)(H,25,27). The minimum absolute atomic E-state index is 0.0147. The summed E-state index contributed by atoms with van der Waals surface area (Å²) in [6.45, 7) is 3.92. The maximum absolute atomic E-state index is 12.2. The van der Waals surface area contributed by atoms with Gasteiger partial charge in [-0.1, -0.05) is 43.2 Å². The lowest BCUT2D eigenvalue weighted by molar-refractivity contribution is -0.126. The number of hydrazine groups is 1. The minimum atomic E-state index is -0.305. The molecule has 1 aliphatic rings. The Morgan fingerprint density at radius 3 is 2.29 bits per heavy atom. The van der Waals surface area contributed by atoms with Gasteiger partial charge >= 0.3 is 0 Å². The van der Waals surface area contributed by atoms with Crippen LogP contribution in [0.3, 0.4) is 0 Å². The molecule has 148 valence electrons. The maximum Gasteiger partial charge on any atom is 0.269 e. The summed E-state index contributed by atoms with van der Waals surface area (Å²) >= 11 is 1.57. The van der Waals surface area contributed by atoms with Crippen molar-refractivity contribution in [2.75, 3.05) is 0 Å². The largest absolute Gasteiger partial charge is 0.273 e. The van der Waals surface area contributed by atoms with Crippen molar-refractivity contribution in [3.8, 4) is 0 Å². The fourth-order valence-electron chi connectivity index (χ4n) is 3.32. The van der Waals surface area contributed by atoms with Crippen molar-refractivity contribution >= 4 is 23.6 Å². The molecule has 0 saturated heterocycles. The first-order chi connectivity index (χ1) is 13.5. The summed E-state index contributed by atoms with van der Waals surface area (Å²) in [7, 11) is 0. The van der Waals surface area contributed by atoms with Crippen molar-refractivity contribution in [3.63, 3.8) is 0 Å². The molecule has 2 aromatic rings. The van der Waals surface area contributed by atoms with Gasteiger partial charge in [0, 0.05) is 28.6 Å². The number of benzene rings is 1. The van der Waals surface area contributed by atoms with Crippen molar-refractivity contribution in [2.24, 2.45) is 5.92 Å². The van der Waals surface area contributed by atoms with Crippen LogP contribution in [0.15, 0.2) is 35.5 Å². The smallest absolute Gasteiger partial charge is 0.269 e. The van der Waals surface area contributed by atoms with E-state index in [0.29, 0.717) is 5.56 Å². The summed E-state index contributed by atoms with van der Waals surface area (Å²) in [4.78, 5) is 33.2. The number of carbonyl (C=O) groups is 2. The highest BCUT2D eigenvalue weighted by atomic mass is 32.2. The van der Waals surface area contributed by atoms with Crippen LogP contribution >= 0.6 is 11.8 Å². The van der Waals surface area contributed by atoms with E-state index in [1.807, 2.05) is 32.0 Å². The van der Waals surface area contributed by atoms with Crippen LogP contribution in [0.5, 0.6) is 0 Å². The third-order valence-electron chi connectivity index (χ3n) is 4.82. The van der Waals surface area contributed by atoms with Crippen LogP contribution in [-0.2, 0) is 10.5 Å². The number of aromatic nitrogens is 2. The number of hydrogen-bond acceptors (Lipinski definition) is 5. The summed E-state index contributed by atoms with van der Waals surface area (Å²) in [5.41, 5.74) is 8.59. The Hall–Kier alpha value is -2.41. The Kier molecular flexibility index (Phi) is 7.03. The number of amides is 2. The highest BCUT2D eigenvalue weighted by molar-refractivity contribution is 7.98. The number of nitrogens with one attached hydrogen (secondary N) is 2. The SMILES string of the molecule is Cc1cc(C)nc(SCc2ccc(C(=O)NNC(=O)C3CCCCC3)cc2)n1. The van der Waals surface area contributed by atoms with Gasteiger partial charge in [0.05, 0.1) is 0 Å². The Morgan fingerprint density at radius 1 is 1.00 bits per heavy atom. The minimum Gasteiger partial charge on any atom is -0.273 e. The second kappa shape index (κ2) is 9.68. The first kappa shape index (κ1) is 20.3. The molecule has 1 aliphatic carbocycles. The van der Waals surface area contributed by atoms with Gasteiger partial charge in [-0.2, -0.15) is 0 Å². The molecule has 1 aromatic heterocycles. The fraction of sp³-hybridized carbons (Fsp3) is 0.429. The molecule has 2 amide bonds. The highest BCUT2D eigenvalue weighted by Crippen LogP contribution is 2.23. The van der Waals surface area contributed by atoms with E-state index in [2.05, 4.69) is 20.8 Å². The van der Waals surface area contributed by atoms with Crippen molar-refractivity contribution < 1.29 is 9.59 Å². The van der Waals surface area contributed by atoms with Crippen LogP contribution in [-0.4, -0.2) is 21.8 Å². The molecule has 1 fully saturated rings. The zero-order valence-corrected chi connectivity index (χ0v) is 17.1. The quantitative estimate of drug-likeness (QED) is 0.455. The van der Waals surface area contributed by atoms with Gasteiger partial charge < -0.3 is 0 Å². The molecule has 1 saturated carbocycles. The number of thioether (sulfide) groups is 1. The van der Waals surface area contributed by atoms with Crippen molar-refractivity contribution in [2.45, 2.75) is 56.9 Å². The number of rotatable bonds is 5. The highest BCUT2D eigenvalue weighted by Gasteiger charge is 2.21. The molecule has 6 nitrogen and oxygen atoms in total. The summed E-state index contributed by atoms with van der Waals surface area (Å²) < 4.78 is 0. The van der Waals surface area contributed by atoms with Crippen LogP contribution in [0, 0.1) is 19.8 Å². The van der Waals surface area contributed by atoms with E-state index in [-0.39, 0.29) is 17.7 Å². The molecule has 7 heteroatoms. The van der Waals surface area contributed by atoms with E-state index in [0.717, 1.165) is 53.5 Å². The van der Waals surface area contributed by atoms with E-state index in [4.69, 9.17) is 0 Å². The lowest BCUT2D eigenvalue weighted by Crippen LogP contribution is -2.44. The molecule has 0 bridgehead atoms. The predicted octanol–water partition coefficient (Wildman–Crippen LogP) is 3.73. The molecule has 0 spiro atoms. The van der Waals surface area contributed by atoms with Gasteiger partial charge in [-0.3, -0.25) is 20.4 Å². The molecule has 28 heavy (non-hydrogen) atoms. The summed E-state index contributed by atoms with van der Waals surface area (Å²) in [6, 6.07) is 9.30. The Labute approximate surface area is 169 Å². The first-order valence-electron chi connectivity index (χ1n) is 9.65. The van der Waals surface area contributed by atoms with Gasteiger partial charge in [-0.25, -0.2) is 9.97 Å². The molecule has 1 heterocycles. The molecule has 0 atom stereocenters. The molecule has 3 rings (SSSR count). The van der Waals surface area contributed by atoms with Gasteiger partial charge in [-0.05, 0) is 50.5 Å². The molecular formula is C21H26N4O2S. The van der Waals surface area contributed by atoms with E-state index in [9.17, 15) is 9.59 Å². The predicted molar refractivity (Wildman–Crippen MR) is 110 cm³/mol. The average Bonchev–Trinajstić information content (AvgIpc) is 2.70. The molecule has 0 aliphatic heterocycles. The Balaban J connectivity index is 1.49. The van der Waals surface area contributed by atoms with Crippen LogP contribution in [0.25, 0.3) is 0 Å². The summed E-state index contributed by atoms with van der Waals surface area (Å²) in [5.74, 6) is 0.347. The lowest BCUT2D eigenvalue weighted by Gasteiger charge is -2.20. The van der Waals surface area contributed by atoms with E-state index < -0.39 is 0 Å². The number of nitrogens with zero attached hydrogens (tertiary/aromatic N) is 2. The molecule has 0 radical (unpaired) electrons. The van der Waals surface area contributed by atoms with Gasteiger partial charge in [0.15, 0.2) is 5.16 Å². The first-order valence-corrected chi connectivity index (χ1v) is 10.6. The zero-order chi connectivity index (χ0) is 19.9. The number of aryl methyl sites for hydroxylation is 2. The van der Waals surface area contributed by atoms with Gasteiger partial charge in [0.1, 0.15) is 0 Å². The Morgan fingerprint density at radius 2 is 1.64 bits per heavy atom. The van der Waals surface area contributed by atoms with Crippen molar-refractivity contribution in [1.82, 2.24) is 20.8 Å². The molecular weight excluding hydrogens is 372 g/mol. The fourth-order valence-corrected chi connectivity index (χ4v) is 4.22. The van der Waals surface area contributed by atoms with Gasteiger partial charge in [0.25, 0.3) is 5.91 Å². The van der Waals surface area contributed by atoms with Crippen LogP contribution in [0.1, 0.15) is 59.4 Å². The third-order valence-corrected chi connectivity index (χ3v) is 5.74. The van der Waals surface area contributed by atoms with E-state index in [1.54, 1.807) is 23.9 Å². The zero-order valence-electron chi connectivity index (χ0n) is 16.3. The van der Waals surface area contributed by atoms with Crippen molar-refractivity contribution in [3.05, 3.63) is 52.8 Å². The monoisotopic (exact) mass is 398 g/mol. The number of hydrogen-bond donors (Lipinski definition) is 2. The van der Waals surface area contributed by atoms with Crippen LogP contribution in [0.2, 0.25) is 0 Å². The second-order valence-corrected chi connectivity index (χ2v) is 8.14.